The van der Waals surface area contributed by atoms with Crippen LogP contribution in [0.3, 0.4) is 0 Å². The van der Waals surface area contributed by atoms with Crippen molar-refractivity contribution in [2.24, 2.45) is 5.73 Å². The molecule has 3 rings (SSSR count). The Morgan fingerprint density at radius 1 is 1.10 bits per heavy atom. The standard InChI is InChI=1S/C17H19NO2/c18-12-17(8-9-17)14-6-7-15(19)16(10-14)20-11-13-4-2-1-3-5-13/h1-7,10,19H,8-9,11-12,18H2. The zero-order valence-corrected chi connectivity index (χ0v) is 11.4. The van der Waals surface area contributed by atoms with Crippen LogP contribution in [0.5, 0.6) is 11.5 Å². The molecule has 1 saturated carbocycles. The van der Waals surface area contributed by atoms with Crippen molar-refractivity contribution in [3.05, 3.63) is 59.7 Å². The monoisotopic (exact) mass is 269 g/mol. The van der Waals surface area contributed by atoms with E-state index in [4.69, 9.17) is 10.5 Å². The number of rotatable bonds is 5. The van der Waals surface area contributed by atoms with Crippen LogP contribution in [-0.2, 0) is 12.0 Å². The van der Waals surface area contributed by atoms with Gasteiger partial charge in [-0.3, -0.25) is 0 Å². The highest BCUT2D eigenvalue weighted by Crippen LogP contribution is 2.48. The molecular weight excluding hydrogens is 250 g/mol. The van der Waals surface area contributed by atoms with Gasteiger partial charge in [0.15, 0.2) is 11.5 Å². The summed E-state index contributed by atoms with van der Waals surface area (Å²) < 4.78 is 5.74. The minimum Gasteiger partial charge on any atom is -0.504 e. The molecule has 3 heteroatoms. The van der Waals surface area contributed by atoms with E-state index in [0.717, 1.165) is 18.4 Å². The van der Waals surface area contributed by atoms with E-state index in [9.17, 15) is 5.11 Å². The minimum absolute atomic E-state index is 0.110. The summed E-state index contributed by atoms with van der Waals surface area (Å²) in [6, 6.07) is 15.5. The molecule has 0 atom stereocenters. The van der Waals surface area contributed by atoms with Crippen LogP contribution in [0.4, 0.5) is 0 Å². The molecule has 3 N–H and O–H groups in total. The normalized spacial score (nSPS) is 15.8. The van der Waals surface area contributed by atoms with Crippen molar-refractivity contribution in [1.29, 1.82) is 0 Å². The van der Waals surface area contributed by atoms with Crippen LogP contribution in [0, 0.1) is 0 Å². The van der Waals surface area contributed by atoms with E-state index in [1.54, 1.807) is 6.07 Å². The van der Waals surface area contributed by atoms with Gasteiger partial charge in [-0.05, 0) is 36.1 Å². The van der Waals surface area contributed by atoms with Gasteiger partial charge in [-0.25, -0.2) is 0 Å². The fraction of sp³-hybridized carbons (Fsp3) is 0.294. The number of hydrogen-bond acceptors (Lipinski definition) is 3. The van der Waals surface area contributed by atoms with Crippen molar-refractivity contribution in [1.82, 2.24) is 0 Å². The molecule has 0 aromatic heterocycles. The SMILES string of the molecule is NCC1(c2ccc(O)c(OCc3ccccc3)c2)CC1. The van der Waals surface area contributed by atoms with Crippen molar-refractivity contribution in [3.8, 4) is 11.5 Å². The van der Waals surface area contributed by atoms with Gasteiger partial charge in [0, 0.05) is 12.0 Å². The third-order valence-electron chi connectivity index (χ3n) is 4.05. The first-order valence-corrected chi connectivity index (χ1v) is 6.94. The van der Waals surface area contributed by atoms with Gasteiger partial charge in [0.05, 0.1) is 0 Å². The van der Waals surface area contributed by atoms with Crippen LogP contribution < -0.4 is 10.5 Å². The second kappa shape index (κ2) is 5.17. The molecular formula is C17H19NO2. The second-order valence-electron chi connectivity index (χ2n) is 5.44. The van der Waals surface area contributed by atoms with E-state index in [1.165, 1.54) is 5.56 Å². The van der Waals surface area contributed by atoms with Crippen LogP contribution in [-0.4, -0.2) is 11.7 Å². The lowest BCUT2D eigenvalue weighted by atomic mass is 9.96. The summed E-state index contributed by atoms with van der Waals surface area (Å²) in [5.74, 6) is 0.712. The maximum Gasteiger partial charge on any atom is 0.161 e. The van der Waals surface area contributed by atoms with Crippen LogP contribution in [0.25, 0.3) is 0 Å². The Balaban J connectivity index is 1.77. The van der Waals surface area contributed by atoms with E-state index in [2.05, 4.69) is 0 Å². The number of phenols is 1. The van der Waals surface area contributed by atoms with Gasteiger partial charge >= 0.3 is 0 Å². The quantitative estimate of drug-likeness (QED) is 0.877. The summed E-state index contributed by atoms with van der Waals surface area (Å²) in [5, 5.41) is 9.92. The van der Waals surface area contributed by atoms with Gasteiger partial charge in [-0.1, -0.05) is 36.4 Å². The van der Waals surface area contributed by atoms with Gasteiger partial charge in [0.25, 0.3) is 0 Å². The van der Waals surface area contributed by atoms with Crippen LogP contribution >= 0.6 is 0 Å². The molecule has 0 bridgehead atoms. The Labute approximate surface area is 119 Å². The van der Waals surface area contributed by atoms with Gasteiger partial charge < -0.3 is 15.6 Å². The van der Waals surface area contributed by atoms with E-state index < -0.39 is 0 Å². The molecule has 1 fully saturated rings. The van der Waals surface area contributed by atoms with E-state index >= 15 is 0 Å². The fourth-order valence-corrected chi connectivity index (χ4v) is 2.46. The molecule has 0 saturated heterocycles. The molecule has 1 aliphatic rings. The number of hydrogen-bond donors (Lipinski definition) is 2. The Kier molecular flexibility index (Phi) is 3.36. The minimum atomic E-state index is 0.110. The highest BCUT2D eigenvalue weighted by molar-refractivity contribution is 5.46. The summed E-state index contributed by atoms with van der Waals surface area (Å²) in [5.41, 5.74) is 8.21. The third kappa shape index (κ3) is 2.49. The molecule has 0 unspecified atom stereocenters. The van der Waals surface area contributed by atoms with Gasteiger partial charge in [-0.2, -0.15) is 0 Å². The van der Waals surface area contributed by atoms with Gasteiger partial charge in [0.1, 0.15) is 6.61 Å². The number of phenolic OH excluding ortho intramolecular Hbond substituents is 1. The highest BCUT2D eigenvalue weighted by atomic mass is 16.5. The lowest BCUT2D eigenvalue weighted by molar-refractivity contribution is 0.288. The Hall–Kier alpha value is -2.00. The molecule has 3 nitrogen and oxygen atoms in total. The number of nitrogens with two attached hydrogens (primary N) is 1. The van der Waals surface area contributed by atoms with E-state index in [0.29, 0.717) is 18.9 Å². The maximum absolute atomic E-state index is 9.92. The Morgan fingerprint density at radius 3 is 2.50 bits per heavy atom. The average Bonchev–Trinajstić information content (AvgIpc) is 3.29. The maximum atomic E-state index is 9.92. The number of benzene rings is 2. The Bertz CT molecular complexity index is 591. The first kappa shape index (κ1) is 13.0. The van der Waals surface area contributed by atoms with Crippen molar-refractivity contribution in [2.45, 2.75) is 24.9 Å². The first-order valence-electron chi connectivity index (χ1n) is 6.94. The zero-order chi connectivity index (χ0) is 14.0. The third-order valence-corrected chi connectivity index (χ3v) is 4.05. The Morgan fingerprint density at radius 2 is 1.85 bits per heavy atom. The average molecular weight is 269 g/mol. The molecule has 0 spiro atoms. The zero-order valence-electron chi connectivity index (χ0n) is 11.4. The van der Waals surface area contributed by atoms with E-state index in [-0.39, 0.29) is 11.2 Å². The van der Waals surface area contributed by atoms with Gasteiger partial charge in [0.2, 0.25) is 0 Å². The van der Waals surface area contributed by atoms with Gasteiger partial charge in [-0.15, -0.1) is 0 Å². The fourth-order valence-electron chi connectivity index (χ4n) is 2.46. The summed E-state index contributed by atoms with van der Waals surface area (Å²) in [7, 11) is 0. The predicted octanol–water partition coefficient (Wildman–Crippen LogP) is 2.96. The summed E-state index contributed by atoms with van der Waals surface area (Å²) in [6.07, 6.45) is 2.23. The number of aromatic hydroxyl groups is 1. The molecule has 1 aliphatic carbocycles. The first-order chi connectivity index (χ1) is 9.73. The number of ether oxygens (including phenoxy) is 1. The molecule has 0 amide bonds. The molecule has 0 heterocycles. The van der Waals surface area contributed by atoms with E-state index in [1.807, 2.05) is 42.5 Å². The summed E-state index contributed by atoms with van der Waals surface area (Å²) in [6.45, 7) is 1.10. The molecule has 2 aromatic carbocycles. The second-order valence-corrected chi connectivity index (χ2v) is 5.44. The topological polar surface area (TPSA) is 55.5 Å². The van der Waals surface area contributed by atoms with Crippen molar-refractivity contribution >= 4 is 0 Å². The molecule has 20 heavy (non-hydrogen) atoms. The smallest absolute Gasteiger partial charge is 0.161 e. The van der Waals surface area contributed by atoms with Crippen LogP contribution in [0.1, 0.15) is 24.0 Å². The van der Waals surface area contributed by atoms with Crippen LogP contribution in [0.2, 0.25) is 0 Å². The van der Waals surface area contributed by atoms with Crippen molar-refractivity contribution < 1.29 is 9.84 Å². The van der Waals surface area contributed by atoms with Crippen molar-refractivity contribution in [2.75, 3.05) is 6.54 Å². The molecule has 104 valence electrons. The van der Waals surface area contributed by atoms with Crippen molar-refractivity contribution in [3.63, 3.8) is 0 Å². The molecule has 2 aromatic rings. The molecule has 0 radical (unpaired) electrons. The lowest BCUT2D eigenvalue weighted by Gasteiger charge is -2.15. The highest BCUT2D eigenvalue weighted by Gasteiger charge is 2.43. The molecule has 0 aliphatic heterocycles. The largest absolute Gasteiger partial charge is 0.504 e. The summed E-state index contributed by atoms with van der Waals surface area (Å²) >= 11 is 0. The lowest BCUT2D eigenvalue weighted by Crippen LogP contribution is -2.19. The summed E-state index contributed by atoms with van der Waals surface area (Å²) in [4.78, 5) is 0. The van der Waals surface area contributed by atoms with Crippen LogP contribution in [0.15, 0.2) is 48.5 Å². The predicted molar refractivity (Wildman–Crippen MR) is 78.8 cm³/mol.